The zero-order valence-corrected chi connectivity index (χ0v) is 19.0. The van der Waals surface area contributed by atoms with Crippen molar-refractivity contribution in [1.82, 2.24) is 4.98 Å². The van der Waals surface area contributed by atoms with Gasteiger partial charge in [-0.05, 0) is 42.8 Å². The second-order valence-electron chi connectivity index (χ2n) is 6.67. The van der Waals surface area contributed by atoms with Gasteiger partial charge in [-0.2, -0.15) is 0 Å². The number of ether oxygens (including phenoxy) is 1. The average Bonchev–Trinajstić information content (AvgIpc) is 3.21. The van der Waals surface area contributed by atoms with E-state index in [1.165, 1.54) is 47.4 Å². The Morgan fingerprint density at radius 2 is 2.06 bits per heavy atom. The number of hydrogen-bond donors (Lipinski definition) is 1. The first kappa shape index (κ1) is 23.4. The van der Waals surface area contributed by atoms with Gasteiger partial charge in [-0.15, -0.1) is 11.3 Å². The SMILES string of the molecule is CCCOc1ccc(Cl)cc1NC(=O)/C=C/c1csc(N(C(C)=O)c2ccccc2F)n1. The van der Waals surface area contributed by atoms with E-state index in [-0.39, 0.29) is 11.6 Å². The molecule has 3 rings (SSSR count). The predicted molar refractivity (Wildman–Crippen MR) is 126 cm³/mol. The summed E-state index contributed by atoms with van der Waals surface area (Å²) >= 11 is 7.20. The summed E-state index contributed by atoms with van der Waals surface area (Å²) in [7, 11) is 0. The normalized spacial score (nSPS) is 10.9. The van der Waals surface area contributed by atoms with Crippen molar-refractivity contribution in [2.24, 2.45) is 0 Å². The highest BCUT2D eigenvalue weighted by molar-refractivity contribution is 7.14. The Morgan fingerprint density at radius 1 is 1.28 bits per heavy atom. The van der Waals surface area contributed by atoms with Gasteiger partial charge in [0.15, 0.2) is 5.13 Å². The van der Waals surface area contributed by atoms with E-state index in [2.05, 4.69) is 10.3 Å². The summed E-state index contributed by atoms with van der Waals surface area (Å²) in [6.45, 7) is 3.83. The number of carbonyl (C=O) groups excluding carboxylic acids is 2. The van der Waals surface area contributed by atoms with Gasteiger partial charge < -0.3 is 10.1 Å². The Bertz CT molecular complexity index is 1150. The van der Waals surface area contributed by atoms with Crippen molar-refractivity contribution in [2.75, 3.05) is 16.8 Å². The second-order valence-corrected chi connectivity index (χ2v) is 7.95. The largest absolute Gasteiger partial charge is 0.491 e. The van der Waals surface area contributed by atoms with Crippen LogP contribution in [0.15, 0.2) is 53.9 Å². The molecule has 0 bridgehead atoms. The molecule has 0 spiro atoms. The number of hydrogen-bond acceptors (Lipinski definition) is 5. The molecule has 3 aromatic rings. The van der Waals surface area contributed by atoms with Crippen molar-refractivity contribution >= 4 is 57.3 Å². The molecule has 0 radical (unpaired) electrons. The molecule has 6 nitrogen and oxygen atoms in total. The van der Waals surface area contributed by atoms with E-state index in [1.54, 1.807) is 35.7 Å². The molecule has 2 amide bonds. The third-order valence-electron chi connectivity index (χ3n) is 4.18. The maximum Gasteiger partial charge on any atom is 0.248 e. The molecule has 0 atom stereocenters. The Balaban J connectivity index is 1.75. The third kappa shape index (κ3) is 5.93. The monoisotopic (exact) mass is 473 g/mol. The summed E-state index contributed by atoms with van der Waals surface area (Å²) in [5.74, 6) is -0.785. The summed E-state index contributed by atoms with van der Waals surface area (Å²) in [4.78, 5) is 30.1. The number of carbonyl (C=O) groups is 2. The van der Waals surface area contributed by atoms with Crippen molar-refractivity contribution in [2.45, 2.75) is 20.3 Å². The molecule has 1 aromatic heterocycles. The lowest BCUT2D eigenvalue weighted by Crippen LogP contribution is -2.23. The fourth-order valence-electron chi connectivity index (χ4n) is 2.77. The summed E-state index contributed by atoms with van der Waals surface area (Å²) in [6.07, 6.45) is 3.64. The van der Waals surface area contributed by atoms with Gasteiger partial charge in [0.2, 0.25) is 11.8 Å². The van der Waals surface area contributed by atoms with Gasteiger partial charge in [0, 0.05) is 23.4 Å². The third-order valence-corrected chi connectivity index (χ3v) is 5.26. The topological polar surface area (TPSA) is 71.5 Å². The molecule has 0 fully saturated rings. The fourth-order valence-corrected chi connectivity index (χ4v) is 3.79. The molecule has 1 heterocycles. The minimum Gasteiger partial charge on any atom is -0.491 e. The number of para-hydroxylation sites is 1. The molecule has 2 aromatic carbocycles. The van der Waals surface area contributed by atoms with Crippen LogP contribution in [-0.4, -0.2) is 23.4 Å². The average molecular weight is 474 g/mol. The first-order valence-electron chi connectivity index (χ1n) is 9.81. The summed E-state index contributed by atoms with van der Waals surface area (Å²) in [6, 6.07) is 11.0. The zero-order valence-electron chi connectivity index (χ0n) is 17.5. The quantitative estimate of drug-likeness (QED) is 0.403. The van der Waals surface area contributed by atoms with Gasteiger partial charge >= 0.3 is 0 Å². The molecular weight excluding hydrogens is 453 g/mol. The number of rotatable bonds is 8. The molecule has 0 aliphatic heterocycles. The van der Waals surface area contributed by atoms with Crippen molar-refractivity contribution < 1.29 is 18.7 Å². The number of halogens is 2. The number of thiazole rings is 1. The van der Waals surface area contributed by atoms with Crippen LogP contribution in [0.1, 0.15) is 26.0 Å². The Labute approximate surface area is 194 Å². The van der Waals surface area contributed by atoms with Crippen LogP contribution in [0.25, 0.3) is 6.08 Å². The molecule has 9 heteroatoms. The van der Waals surface area contributed by atoms with Gasteiger partial charge in [0.05, 0.1) is 23.7 Å². The fraction of sp³-hybridized carbons (Fsp3) is 0.174. The van der Waals surface area contributed by atoms with Gasteiger partial charge in [-0.1, -0.05) is 30.7 Å². The first-order valence-corrected chi connectivity index (χ1v) is 11.1. The number of amides is 2. The van der Waals surface area contributed by atoms with Crippen molar-refractivity contribution in [3.8, 4) is 5.75 Å². The van der Waals surface area contributed by atoms with Crippen molar-refractivity contribution in [3.63, 3.8) is 0 Å². The minimum atomic E-state index is -0.531. The lowest BCUT2D eigenvalue weighted by atomic mass is 10.2. The minimum absolute atomic E-state index is 0.114. The van der Waals surface area contributed by atoms with E-state index < -0.39 is 11.7 Å². The molecule has 0 saturated carbocycles. The van der Waals surface area contributed by atoms with E-state index in [0.29, 0.717) is 33.9 Å². The Kier molecular flexibility index (Phi) is 7.97. The maximum atomic E-state index is 14.2. The number of anilines is 3. The lowest BCUT2D eigenvalue weighted by molar-refractivity contribution is -0.116. The van der Waals surface area contributed by atoms with E-state index in [1.807, 2.05) is 6.92 Å². The lowest BCUT2D eigenvalue weighted by Gasteiger charge is -2.18. The Morgan fingerprint density at radius 3 is 2.78 bits per heavy atom. The van der Waals surface area contributed by atoms with E-state index in [9.17, 15) is 14.0 Å². The van der Waals surface area contributed by atoms with Gasteiger partial charge in [0.1, 0.15) is 11.6 Å². The van der Waals surface area contributed by atoms with Gasteiger partial charge in [0.25, 0.3) is 0 Å². The van der Waals surface area contributed by atoms with Crippen LogP contribution in [0, 0.1) is 5.82 Å². The van der Waals surface area contributed by atoms with Gasteiger partial charge in [-0.3, -0.25) is 14.5 Å². The predicted octanol–water partition coefficient (Wildman–Crippen LogP) is 6.06. The molecule has 0 unspecified atom stereocenters. The summed E-state index contributed by atoms with van der Waals surface area (Å²) in [5, 5.41) is 5.18. The molecule has 1 N–H and O–H groups in total. The van der Waals surface area contributed by atoms with E-state index in [0.717, 1.165) is 6.42 Å². The summed E-state index contributed by atoms with van der Waals surface area (Å²) in [5.41, 5.74) is 1.03. The van der Waals surface area contributed by atoms with Crippen LogP contribution in [0.2, 0.25) is 5.02 Å². The van der Waals surface area contributed by atoms with Crippen LogP contribution in [0.3, 0.4) is 0 Å². The number of benzene rings is 2. The highest BCUT2D eigenvalue weighted by Crippen LogP contribution is 2.31. The summed E-state index contributed by atoms with van der Waals surface area (Å²) < 4.78 is 19.8. The smallest absolute Gasteiger partial charge is 0.248 e. The number of aromatic nitrogens is 1. The Hall–Kier alpha value is -3.23. The van der Waals surface area contributed by atoms with Crippen molar-refractivity contribution in [3.05, 3.63) is 70.5 Å². The van der Waals surface area contributed by atoms with Crippen LogP contribution < -0.4 is 15.0 Å². The molecule has 0 saturated heterocycles. The standard InChI is InChI=1S/C23H21ClFN3O3S/c1-3-12-31-21-10-8-16(24)13-19(21)27-22(30)11-9-17-14-32-23(26-17)28(15(2)29)20-7-5-4-6-18(20)25/h4-11,13-14H,3,12H2,1-2H3,(H,27,30)/b11-9+. The highest BCUT2D eigenvalue weighted by atomic mass is 35.5. The van der Waals surface area contributed by atoms with Crippen LogP contribution in [-0.2, 0) is 9.59 Å². The number of nitrogens with one attached hydrogen (secondary N) is 1. The first-order chi connectivity index (χ1) is 15.4. The molecular formula is C23H21ClFN3O3S. The van der Waals surface area contributed by atoms with E-state index >= 15 is 0 Å². The second kappa shape index (κ2) is 10.9. The molecule has 166 valence electrons. The molecule has 32 heavy (non-hydrogen) atoms. The van der Waals surface area contributed by atoms with Crippen molar-refractivity contribution in [1.29, 1.82) is 0 Å². The zero-order chi connectivity index (χ0) is 23.1. The molecule has 0 aliphatic rings. The highest BCUT2D eigenvalue weighted by Gasteiger charge is 2.20. The van der Waals surface area contributed by atoms with Crippen LogP contribution >= 0.6 is 22.9 Å². The van der Waals surface area contributed by atoms with Gasteiger partial charge in [-0.25, -0.2) is 9.37 Å². The van der Waals surface area contributed by atoms with Crippen LogP contribution in [0.5, 0.6) is 5.75 Å². The molecule has 0 aliphatic carbocycles. The van der Waals surface area contributed by atoms with E-state index in [4.69, 9.17) is 16.3 Å². The number of nitrogens with zero attached hydrogens (tertiary/aromatic N) is 2. The maximum absolute atomic E-state index is 14.2. The van der Waals surface area contributed by atoms with Crippen LogP contribution in [0.4, 0.5) is 20.9 Å².